The first-order valence-electron chi connectivity index (χ1n) is 5.33. The van der Waals surface area contributed by atoms with Crippen LogP contribution in [0.1, 0.15) is 33.6 Å². The molecule has 0 aromatic heterocycles. The molecule has 1 heterocycles. The highest BCUT2D eigenvalue weighted by atomic mass is 16.7. The molecule has 0 radical (unpaired) electrons. The van der Waals surface area contributed by atoms with Gasteiger partial charge in [0.15, 0.2) is 5.79 Å². The van der Waals surface area contributed by atoms with E-state index >= 15 is 0 Å². The van der Waals surface area contributed by atoms with Gasteiger partial charge in [0, 0.05) is 6.42 Å². The van der Waals surface area contributed by atoms with Gasteiger partial charge in [-0.25, -0.2) is 0 Å². The van der Waals surface area contributed by atoms with Gasteiger partial charge >= 0.3 is 0 Å². The summed E-state index contributed by atoms with van der Waals surface area (Å²) < 4.78 is 11.6. The number of fused-ring (bicyclic) bond motifs is 1. The van der Waals surface area contributed by atoms with Gasteiger partial charge in [-0.1, -0.05) is 25.2 Å². The van der Waals surface area contributed by atoms with E-state index in [-0.39, 0.29) is 12.2 Å². The van der Waals surface area contributed by atoms with Crippen LogP contribution in [0, 0.1) is 0 Å². The van der Waals surface area contributed by atoms with Crippen LogP contribution in [0.4, 0.5) is 0 Å². The van der Waals surface area contributed by atoms with E-state index in [1.54, 1.807) is 0 Å². The van der Waals surface area contributed by atoms with Gasteiger partial charge in [-0.3, -0.25) is 0 Å². The largest absolute Gasteiger partial charge is 0.344 e. The zero-order valence-electron chi connectivity index (χ0n) is 9.12. The first-order valence-corrected chi connectivity index (χ1v) is 5.33. The summed E-state index contributed by atoms with van der Waals surface area (Å²) >= 11 is 0. The van der Waals surface area contributed by atoms with E-state index in [1.165, 1.54) is 5.57 Å². The second kappa shape index (κ2) is 3.52. The zero-order valence-corrected chi connectivity index (χ0v) is 9.12. The minimum absolute atomic E-state index is 0.152. The average molecular weight is 194 g/mol. The molecule has 14 heavy (non-hydrogen) atoms. The van der Waals surface area contributed by atoms with Gasteiger partial charge in [0.2, 0.25) is 0 Å². The molecular weight excluding hydrogens is 176 g/mol. The van der Waals surface area contributed by atoms with Crippen LogP contribution in [0.3, 0.4) is 0 Å². The Balaban J connectivity index is 2.10. The van der Waals surface area contributed by atoms with Crippen LogP contribution in [0.25, 0.3) is 0 Å². The molecule has 1 fully saturated rings. The van der Waals surface area contributed by atoms with Gasteiger partial charge < -0.3 is 9.47 Å². The molecule has 0 aromatic rings. The Morgan fingerprint density at radius 3 is 3.00 bits per heavy atom. The lowest BCUT2D eigenvalue weighted by molar-refractivity contribution is -0.142. The lowest BCUT2D eigenvalue weighted by atomic mass is 9.96. The van der Waals surface area contributed by atoms with Crippen LogP contribution in [-0.2, 0) is 9.47 Å². The van der Waals surface area contributed by atoms with Crippen molar-refractivity contribution in [3.05, 3.63) is 23.8 Å². The Bertz CT molecular complexity index is 276. The Morgan fingerprint density at radius 2 is 2.29 bits per heavy atom. The molecule has 2 nitrogen and oxygen atoms in total. The molecule has 0 bridgehead atoms. The highest BCUT2D eigenvalue weighted by Gasteiger charge is 2.41. The fourth-order valence-corrected chi connectivity index (χ4v) is 2.12. The second-order valence-corrected chi connectivity index (χ2v) is 4.39. The highest BCUT2D eigenvalue weighted by molar-refractivity contribution is 5.26. The number of hydrogen-bond acceptors (Lipinski definition) is 2. The van der Waals surface area contributed by atoms with Crippen LogP contribution < -0.4 is 0 Å². The Hall–Kier alpha value is -0.600. The van der Waals surface area contributed by atoms with Crippen molar-refractivity contribution in [3.63, 3.8) is 0 Å². The monoisotopic (exact) mass is 194 g/mol. The molecule has 1 aliphatic heterocycles. The standard InChI is InChI=1S/C12H18O2/c1-4-5-9-6-7-10-11(8-9)14-12(2,3)13-10/h5-7,10-11H,4,8H2,1-3H3/b9-5-/t10-,11+/m0/s1. The topological polar surface area (TPSA) is 18.5 Å². The van der Waals surface area contributed by atoms with Crippen molar-refractivity contribution in [1.29, 1.82) is 0 Å². The van der Waals surface area contributed by atoms with Crippen LogP contribution in [0.5, 0.6) is 0 Å². The zero-order chi connectivity index (χ0) is 10.2. The number of hydrogen-bond donors (Lipinski definition) is 0. The van der Waals surface area contributed by atoms with E-state index in [2.05, 4.69) is 25.2 Å². The maximum atomic E-state index is 5.81. The lowest BCUT2D eigenvalue weighted by Gasteiger charge is -2.19. The third-order valence-electron chi connectivity index (χ3n) is 2.62. The molecule has 2 rings (SSSR count). The minimum Gasteiger partial charge on any atom is -0.344 e. The van der Waals surface area contributed by atoms with Crippen molar-refractivity contribution < 1.29 is 9.47 Å². The molecule has 2 heteroatoms. The molecule has 0 spiro atoms. The number of rotatable bonds is 1. The highest BCUT2D eigenvalue weighted by Crippen LogP contribution is 2.35. The molecule has 0 aromatic carbocycles. The van der Waals surface area contributed by atoms with Crippen LogP contribution in [0.15, 0.2) is 23.8 Å². The van der Waals surface area contributed by atoms with Gasteiger partial charge in [0.05, 0.1) is 6.10 Å². The Kier molecular flexibility index (Phi) is 2.50. The molecule has 1 saturated heterocycles. The van der Waals surface area contributed by atoms with Crippen molar-refractivity contribution in [2.45, 2.75) is 51.6 Å². The maximum Gasteiger partial charge on any atom is 0.164 e. The molecule has 78 valence electrons. The second-order valence-electron chi connectivity index (χ2n) is 4.39. The third-order valence-corrected chi connectivity index (χ3v) is 2.62. The lowest BCUT2D eigenvalue weighted by Crippen LogP contribution is -2.23. The third kappa shape index (κ3) is 1.91. The molecule has 0 unspecified atom stereocenters. The van der Waals surface area contributed by atoms with Crippen molar-refractivity contribution >= 4 is 0 Å². The molecule has 0 N–H and O–H groups in total. The maximum absolute atomic E-state index is 5.81. The number of allylic oxidation sites excluding steroid dienone is 2. The predicted molar refractivity (Wildman–Crippen MR) is 56.0 cm³/mol. The quantitative estimate of drug-likeness (QED) is 0.639. The van der Waals surface area contributed by atoms with Gasteiger partial charge in [0.1, 0.15) is 6.10 Å². The Labute approximate surface area is 85.6 Å². The summed E-state index contributed by atoms with van der Waals surface area (Å²) in [4.78, 5) is 0. The van der Waals surface area contributed by atoms with Crippen molar-refractivity contribution in [3.8, 4) is 0 Å². The summed E-state index contributed by atoms with van der Waals surface area (Å²) in [6.45, 7) is 6.10. The van der Waals surface area contributed by atoms with Crippen molar-refractivity contribution in [2.24, 2.45) is 0 Å². The van der Waals surface area contributed by atoms with E-state index in [0.717, 1.165) is 12.8 Å². The molecule has 2 atom stereocenters. The van der Waals surface area contributed by atoms with E-state index in [9.17, 15) is 0 Å². The Morgan fingerprint density at radius 1 is 1.50 bits per heavy atom. The normalized spacial score (nSPS) is 37.5. The summed E-state index contributed by atoms with van der Waals surface area (Å²) in [5.41, 5.74) is 1.37. The van der Waals surface area contributed by atoms with Gasteiger partial charge in [-0.15, -0.1) is 0 Å². The summed E-state index contributed by atoms with van der Waals surface area (Å²) in [6, 6.07) is 0. The fraction of sp³-hybridized carbons (Fsp3) is 0.667. The van der Waals surface area contributed by atoms with E-state index in [1.807, 2.05) is 13.8 Å². The summed E-state index contributed by atoms with van der Waals surface area (Å²) in [5, 5.41) is 0. The first-order chi connectivity index (χ1) is 6.61. The fourth-order valence-electron chi connectivity index (χ4n) is 2.12. The molecule has 0 amide bonds. The molecule has 1 aliphatic carbocycles. The van der Waals surface area contributed by atoms with Gasteiger partial charge in [-0.2, -0.15) is 0 Å². The first kappa shape index (κ1) is 9.94. The smallest absolute Gasteiger partial charge is 0.164 e. The molecule has 2 aliphatic rings. The summed E-state index contributed by atoms with van der Waals surface area (Å²) in [7, 11) is 0. The van der Waals surface area contributed by atoms with Crippen molar-refractivity contribution in [1.82, 2.24) is 0 Å². The van der Waals surface area contributed by atoms with E-state index in [0.29, 0.717) is 0 Å². The predicted octanol–water partition coefficient (Wildman–Crippen LogP) is 2.80. The summed E-state index contributed by atoms with van der Waals surface area (Å²) in [6.07, 6.45) is 8.97. The van der Waals surface area contributed by atoms with Crippen molar-refractivity contribution in [2.75, 3.05) is 0 Å². The SMILES string of the molecule is CC/C=C1/C=C[C@@H]2OC(C)(C)O[C@@H]2C1. The van der Waals surface area contributed by atoms with Gasteiger partial charge in [0.25, 0.3) is 0 Å². The molecular formula is C12H18O2. The number of ether oxygens (including phenoxy) is 2. The average Bonchev–Trinajstić information content (AvgIpc) is 2.38. The van der Waals surface area contributed by atoms with Crippen LogP contribution in [0.2, 0.25) is 0 Å². The van der Waals surface area contributed by atoms with Crippen LogP contribution in [-0.4, -0.2) is 18.0 Å². The van der Waals surface area contributed by atoms with Gasteiger partial charge in [-0.05, 0) is 25.8 Å². The van der Waals surface area contributed by atoms with E-state index in [4.69, 9.17) is 9.47 Å². The minimum atomic E-state index is -0.415. The molecule has 0 saturated carbocycles. The van der Waals surface area contributed by atoms with E-state index < -0.39 is 5.79 Å². The summed E-state index contributed by atoms with van der Waals surface area (Å²) in [5.74, 6) is -0.415. The van der Waals surface area contributed by atoms with Crippen LogP contribution >= 0.6 is 0 Å².